The van der Waals surface area contributed by atoms with Crippen molar-refractivity contribution in [2.45, 2.75) is 13.8 Å². The first kappa shape index (κ1) is 16.0. The molecule has 23 heavy (non-hydrogen) atoms. The van der Waals surface area contributed by atoms with Crippen molar-refractivity contribution >= 4 is 28.6 Å². The smallest absolute Gasteiger partial charge is 0.259 e. The number of ether oxygens (including phenoxy) is 1. The minimum absolute atomic E-state index is 0.0744. The van der Waals surface area contributed by atoms with E-state index in [4.69, 9.17) is 4.74 Å². The van der Waals surface area contributed by atoms with Crippen molar-refractivity contribution in [3.63, 3.8) is 0 Å². The molecular weight excluding hydrogens is 308 g/mol. The maximum atomic E-state index is 12.8. The van der Waals surface area contributed by atoms with Gasteiger partial charge in [-0.15, -0.1) is 0 Å². The van der Waals surface area contributed by atoms with Crippen LogP contribution in [0.2, 0.25) is 0 Å². The van der Waals surface area contributed by atoms with Gasteiger partial charge in [0.15, 0.2) is 0 Å². The molecule has 3 rings (SSSR count). The van der Waals surface area contributed by atoms with Crippen LogP contribution in [0.15, 0.2) is 35.0 Å². The average molecular weight is 330 g/mol. The van der Waals surface area contributed by atoms with E-state index >= 15 is 0 Å². The van der Waals surface area contributed by atoms with E-state index in [0.29, 0.717) is 6.54 Å². The largest absolute Gasteiger partial charge is 0.378 e. The highest BCUT2D eigenvalue weighted by Crippen LogP contribution is 2.24. The number of nitrogens with zero attached hydrogens (tertiary/aromatic N) is 2. The minimum atomic E-state index is 0.0744. The molecule has 2 heterocycles. The Hall–Kier alpha value is -1.85. The molecule has 122 valence electrons. The lowest BCUT2D eigenvalue weighted by Crippen LogP contribution is -2.36. The number of hydrogen-bond acceptors (Lipinski definition) is 4. The molecule has 0 spiro atoms. The van der Waals surface area contributed by atoms with Crippen molar-refractivity contribution in [3.05, 3.63) is 46.2 Å². The number of carbonyl (C=O) groups is 1. The number of benzene rings is 1. The maximum absolute atomic E-state index is 12.8. The standard InChI is InChI=1S/C18H22N2O2S/c1-3-20(18(21)17-13-23-12-14(17)2)16-6-4-15(5-7-16)19-8-10-22-11-9-19/h4-7,12-13H,3,8-11H2,1-2H3. The second kappa shape index (κ2) is 7.15. The Morgan fingerprint density at radius 1 is 1.22 bits per heavy atom. The molecule has 0 bridgehead atoms. The molecule has 1 aliphatic heterocycles. The van der Waals surface area contributed by atoms with Gasteiger partial charge in [0.25, 0.3) is 5.91 Å². The third-order valence-electron chi connectivity index (χ3n) is 4.18. The zero-order chi connectivity index (χ0) is 16.2. The fraction of sp³-hybridized carbons (Fsp3) is 0.389. The van der Waals surface area contributed by atoms with E-state index < -0.39 is 0 Å². The van der Waals surface area contributed by atoms with Crippen molar-refractivity contribution in [2.75, 3.05) is 42.6 Å². The van der Waals surface area contributed by atoms with Gasteiger partial charge in [-0.05, 0) is 49.1 Å². The molecule has 1 aromatic heterocycles. The lowest BCUT2D eigenvalue weighted by molar-refractivity contribution is 0.0988. The van der Waals surface area contributed by atoms with Gasteiger partial charge in [-0.25, -0.2) is 0 Å². The number of carbonyl (C=O) groups excluding carboxylic acids is 1. The van der Waals surface area contributed by atoms with E-state index in [-0.39, 0.29) is 5.91 Å². The molecule has 0 radical (unpaired) electrons. The quantitative estimate of drug-likeness (QED) is 0.859. The van der Waals surface area contributed by atoms with Crippen molar-refractivity contribution in [1.82, 2.24) is 0 Å². The van der Waals surface area contributed by atoms with Gasteiger partial charge in [-0.2, -0.15) is 11.3 Å². The molecule has 0 aliphatic carbocycles. The normalized spacial score (nSPS) is 14.8. The summed E-state index contributed by atoms with van der Waals surface area (Å²) in [7, 11) is 0. The predicted octanol–water partition coefficient (Wildman–Crippen LogP) is 3.56. The van der Waals surface area contributed by atoms with Gasteiger partial charge in [0, 0.05) is 36.4 Å². The van der Waals surface area contributed by atoms with Crippen molar-refractivity contribution < 1.29 is 9.53 Å². The first-order valence-electron chi connectivity index (χ1n) is 7.98. The zero-order valence-electron chi connectivity index (χ0n) is 13.6. The molecule has 1 fully saturated rings. The molecule has 1 amide bonds. The molecule has 0 saturated carbocycles. The van der Waals surface area contributed by atoms with E-state index in [0.717, 1.165) is 43.1 Å². The minimum Gasteiger partial charge on any atom is -0.378 e. The van der Waals surface area contributed by atoms with E-state index in [1.165, 1.54) is 5.69 Å². The van der Waals surface area contributed by atoms with Gasteiger partial charge in [-0.1, -0.05) is 0 Å². The SMILES string of the molecule is CCN(C(=O)c1cscc1C)c1ccc(N2CCOCC2)cc1. The summed E-state index contributed by atoms with van der Waals surface area (Å²) in [6.07, 6.45) is 0. The molecule has 2 aromatic rings. The number of rotatable bonds is 4. The highest BCUT2D eigenvalue weighted by atomic mass is 32.1. The molecule has 4 nitrogen and oxygen atoms in total. The summed E-state index contributed by atoms with van der Waals surface area (Å²) in [5, 5.41) is 3.95. The number of hydrogen-bond donors (Lipinski definition) is 0. The van der Waals surface area contributed by atoms with Gasteiger partial charge in [0.1, 0.15) is 0 Å². The van der Waals surface area contributed by atoms with Gasteiger partial charge in [0.05, 0.1) is 18.8 Å². The summed E-state index contributed by atoms with van der Waals surface area (Å²) < 4.78 is 5.39. The fourth-order valence-electron chi connectivity index (χ4n) is 2.83. The number of anilines is 2. The summed E-state index contributed by atoms with van der Waals surface area (Å²) in [5.74, 6) is 0.0744. The maximum Gasteiger partial charge on any atom is 0.259 e. The molecule has 0 atom stereocenters. The molecule has 1 saturated heterocycles. The highest BCUT2D eigenvalue weighted by molar-refractivity contribution is 7.08. The first-order valence-corrected chi connectivity index (χ1v) is 8.92. The Kier molecular flexibility index (Phi) is 4.98. The zero-order valence-corrected chi connectivity index (χ0v) is 14.4. The Balaban J connectivity index is 1.79. The van der Waals surface area contributed by atoms with Crippen molar-refractivity contribution in [3.8, 4) is 0 Å². The van der Waals surface area contributed by atoms with Crippen LogP contribution in [0.25, 0.3) is 0 Å². The van der Waals surface area contributed by atoms with E-state index in [1.807, 2.05) is 41.6 Å². The van der Waals surface area contributed by atoms with Crippen LogP contribution in [0.3, 0.4) is 0 Å². The number of morpholine rings is 1. The second-order valence-corrected chi connectivity index (χ2v) is 6.38. The third-order valence-corrected chi connectivity index (χ3v) is 5.05. The average Bonchev–Trinajstić information content (AvgIpc) is 3.03. The summed E-state index contributed by atoms with van der Waals surface area (Å²) in [6, 6.07) is 8.26. The fourth-order valence-corrected chi connectivity index (χ4v) is 3.66. The Labute approximate surface area is 141 Å². The Morgan fingerprint density at radius 2 is 1.91 bits per heavy atom. The van der Waals surface area contributed by atoms with E-state index in [9.17, 15) is 4.79 Å². The van der Waals surface area contributed by atoms with Gasteiger partial charge >= 0.3 is 0 Å². The summed E-state index contributed by atoms with van der Waals surface area (Å²) in [5.41, 5.74) is 3.98. The lowest BCUT2D eigenvalue weighted by atomic mass is 10.1. The Bertz CT molecular complexity index is 660. The highest BCUT2D eigenvalue weighted by Gasteiger charge is 2.19. The van der Waals surface area contributed by atoms with Crippen LogP contribution in [0.5, 0.6) is 0 Å². The van der Waals surface area contributed by atoms with Crippen LogP contribution in [0, 0.1) is 6.92 Å². The third kappa shape index (κ3) is 3.41. The number of amides is 1. The number of aryl methyl sites for hydroxylation is 1. The first-order chi connectivity index (χ1) is 11.2. The molecule has 0 N–H and O–H groups in total. The van der Waals surface area contributed by atoms with Crippen LogP contribution in [-0.4, -0.2) is 38.8 Å². The molecule has 5 heteroatoms. The van der Waals surface area contributed by atoms with E-state index in [2.05, 4.69) is 17.0 Å². The number of thiophene rings is 1. The molecular formula is C18H22N2O2S. The van der Waals surface area contributed by atoms with Gasteiger partial charge in [0.2, 0.25) is 0 Å². The van der Waals surface area contributed by atoms with Crippen molar-refractivity contribution in [2.24, 2.45) is 0 Å². The van der Waals surface area contributed by atoms with Crippen LogP contribution in [-0.2, 0) is 4.74 Å². The second-order valence-electron chi connectivity index (χ2n) is 5.63. The van der Waals surface area contributed by atoms with Crippen LogP contribution < -0.4 is 9.80 Å². The molecule has 1 aliphatic rings. The van der Waals surface area contributed by atoms with Crippen molar-refractivity contribution in [1.29, 1.82) is 0 Å². The van der Waals surface area contributed by atoms with Gasteiger partial charge in [-0.3, -0.25) is 4.79 Å². The summed E-state index contributed by atoms with van der Waals surface area (Å²) in [6.45, 7) is 8.05. The van der Waals surface area contributed by atoms with Crippen LogP contribution >= 0.6 is 11.3 Å². The topological polar surface area (TPSA) is 32.8 Å². The van der Waals surface area contributed by atoms with Gasteiger partial charge < -0.3 is 14.5 Å². The predicted molar refractivity (Wildman–Crippen MR) is 95.9 cm³/mol. The van der Waals surface area contributed by atoms with E-state index in [1.54, 1.807) is 11.3 Å². The summed E-state index contributed by atoms with van der Waals surface area (Å²) in [4.78, 5) is 16.9. The molecule has 1 aromatic carbocycles. The summed E-state index contributed by atoms with van der Waals surface area (Å²) >= 11 is 1.57. The van der Waals surface area contributed by atoms with Crippen LogP contribution in [0.4, 0.5) is 11.4 Å². The lowest BCUT2D eigenvalue weighted by Gasteiger charge is -2.29. The van der Waals surface area contributed by atoms with Crippen LogP contribution in [0.1, 0.15) is 22.8 Å². The Morgan fingerprint density at radius 3 is 2.48 bits per heavy atom. The monoisotopic (exact) mass is 330 g/mol. The molecule has 0 unspecified atom stereocenters.